The van der Waals surface area contributed by atoms with E-state index in [0.29, 0.717) is 12.1 Å². The minimum Gasteiger partial charge on any atom is -0.481 e. The molecule has 8 nitrogen and oxygen atoms in total. The van der Waals surface area contributed by atoms with Gasteiger partial charge in [0.2, 0.25) is 5.91 Å². The van der Waals surface area contributed by atoms with Crippen molar-refractivity contribution in [3.8, 4) is 5.75 Å². The number of hydrogen-bond donors (Lipinski definition) is 1. The van der Waals surface area contributed by atoms with Gasteiger partial charge >= 0.3 is 18.4 Å². The summed E-state index contributed by atoms with van der Waals surface area (Å²) in [5, 5.41) is 9.12. The first-order valence-corrected chi connectivity index (χ1v) is 13.2. The Labute approximate surface area is 227 Å². The average molecular weight is 565 g/mol. The van der Waals surface area contributed by atoms with E-state index in [1.165, 1.54) is 6.07 Å². The molecule has 0 saturated heterocycles. The number of benzene rings is 2. The molecule has 0 spiro atoms. The van der Waals surface area contributed by atoms with Crippen molar-refractivity contribution >= 4 is 23.7 Å². The number of amides is 2. The summed E-state index contributed by atoms with van der Waals surface area (Å²) < 4.78 is 60.6. The van der Waals surface area contributed by atoms with Gasteiger partial charge in [-0.1, -0.05) is 30.7 Å². The van der Waals surface area contributed by atoms with Gasteiger partial charge in [-0.15, -0.1) is 13.2 Å². The Balaban J connectivity index is 1.38. The highest BCUT2D eigenvalue weighted by Crippen LogP contribution is 2.52. The molecule has 12 heteroatoms. The molecule has 1 aliphatic heterocycles. The maximum atomic E-state index is 14.1. The van der Waals surface area contributed by atoms with Gasteiger partial charge in [-0.3, -0.25) is 14.5 Å². The van der Waals surface area contributed by atoms with Crippen LogP contribution in [0.1, 0.15) is 62.1 Å². The summed E-state index contributed by atoms with van der Waals surface area (Å²) in [5.74, 6) is -3.56. The number of carboxylic acid groups (broad SMARTS) is 1. The maximum absolute atomic E-state index is 14.1. The van der Waals surface area contributed by atoms with Crippen molar-refractivity contribution in [2.75, 3.05) is 4.90 Å². The van der Waals surface area contributed by atoms with Gasteiger partial charge in [0, 0.05) is 24.4 Å². The number of carbonyl (C=O) groups is 3. The number of aliphatic carboxylic acids is 1. The highest BCUT2D eigenvalue weighted by molar-refractivity contribution is 5.91. The first-order chi connectivity index (χ1) is 19.0. The summed E-state index contributed by atoms with van der Waals surface area (Å²) in [6.07, 6.45) is -2.16. The Morgan fingerprint density at radius 1 is 1.02 bits per heavy atom. The second-order valence-corrected chi connectivity index (χ2v) is 10.3. The first-order valence-electron chi connectivity index (χ1n) is 13.2. The Kier molecular flexibility index (Phi) is 7.61. The van der Waals surface area contributed by atoms with Crippen LogP contribution >= 0.6 is 0 Å². The number of carboxylic acids is 1. The zero-order valence-electron chi connectivity index (χ0n) is 21.4. The Morgan fingerprint density at radius 3 is 2.45 bits per heavy atom. The first kappa shape index (κ1) is 27.7. The fourth-order valence-electron chi connectivity index (χ4n) is 5.95. The van der Waals surface area contributed by atoms with Crippen molar-refractivity contribution in [2.24, 2.45) is 5.92 Å². The van der Waals surface area contributed by atoms with Gasteiger partial charge in [0.25, 0.3) is 0 Å². The number of anilines is 1. The van der Waals surface area contributed by atoms with Crippen molar-refractivity contribution in [2.45, 2.75) is 76.0 Å². The summed E-state index contributed by atoms with van der Waals surface area (Å²) in [6.45, 7) is -0.372. The second kappa shape index (κ2) is 11.0. The molecule has 2 aliphatic carbocycles. The summed E-state index contributed by atoms with van der Waals surface area (Å²) in [6, 6.07) is 9.51. The molecule has 2 fully saturated rings. The number of hydrogen-bond acceptors (Lipinski definition) is 5. The second-order valence-electron chi connectivity index (χ2n) is 10.3. The molecule has 214 valence electrons. The van der Waals surface area contributed by atoms with E-state index in [1.807, 2.05) is 17.0 Å². The number of halogens is 4. The van der Waals surface area contributed by atoms with Gasteiger partial charge in [-0.2, -0.15) is 0 Å². The lowest BCUT2D eigenvalue weighted by molar-refractivity contribution is -0.275. The minimum atomic E-state index is -5.04. The number of rotatable bonds is 8. The van der Waals surface area contributed by atoms with Gasteiger partial charge in [0.15, 0.2) is 11.6 Å². The molecule has 1 heterocycles. The van der Waals surface area contributed by atoms with Crippen molar-refractivity contribution in [3.05, 3.63) is 59.4 Å². The Bertz CT molecular complexity index is 1300. The summed E-state index contributed by atoms with van der Waals surface area (Å²) in [5.41, 5.74) is 1.51. The van der Waals surface area contributed by atoms with E-state index in [-0.39, 0.29) is 55.0 Å². The van der Waals surface area contributed by atoms with Crippen molar-refractivity contribution in [1.29, 1.82) is 0 Å². The normalized spacial score (nSPS) is 21.8. The summed E-state index contributed by atoms with van der Waals surface area (Å²) in [4.78, 5) is 41.3. The monoisotopic (exact) mass is 564 g/mol. The van der Waals surface area contributed by atoms with Gasteiger partial charge in [0.1, 0.15) is 6.61 Å². The molecule has 1 N–H and O–H groups in total. The SMILES string of the molecule is O=C(O)CCC(=O)N(C1CC1)C1c2ccccc2N(C(=O)OCc2ccc(OC(F)(F)F)c(F)c2)C2CCCC21. The largest absolute Gasteiger partial charge is 0.573 e. The molecular formula is C28H28F4N2O6. The molecule has 0 radical (unpaired) electrons. The van der Waals surface area contributed by atoms with Gasteiger partial charge in [0.05, 0.1) is 18.2 Å². The zero-order chi connectivity index (χ0) is 28.6. The number of para-hydroxylation sites is 1. The van der Waals surface area contributed by atoms with Gasteiger partial charge in [-0.25, -0.2) is 9.18 Å². The van der Waals surface area contributed by atoms with Crippen LogP contribution in [0.15, 0.2) is 42.5 Å². The van der Waals surface area contributed by atoms with E-state index in [0.717, 1.165) is 43.4 Å². The number of fused-ring (bicyclic) bond motifs is 2. The van der Waals surface area contributed by atoms with Crippen molar-refractivity contribution in [1.82, 2.24) is 4.90 Å². The van der Waals surface area contributed by atoms with Crippen LogP contribution in [0.5, 0.6) is 5.75 Å². The van der Waals surface area contributed by atoms with E-state index >= 15 is 0 Å². The fourth-order valence-corrected chi connectivity index (χ4v) is 5.95. The molecule has 2 aromatic carbocycles. The topological polar surface area (TPSA) is 96.4 Å². The van der Waals surface area contributed by atoms with E-state index in [9.17, 15) is 31.9 Å². The minimum absolute atomic E-state index is 0.0262. The van der Waals surface area contributed by atoms with E-state index < -0.39 is 30.0 Å². The predicted molar refractivity (Wildman–Crippen MR) is 133 cm³/mol. The molecule has 3 aliphatic rings. The van der Waals surface area contributed by atoms with Crippen molar-refractivity contribution in [3.63, 3.8) is 0 Å². The molecule has 2 amide bonds. The van der Waals surface area contributed by atoms with Crippen molar-refractivity contribution < 1.29 is 46.5 Å². The fraction of sp³-hybridized carbons (Fsp3) is 0.464. The van der Waals surface area contributed by atoms with E-state index in [4.69, 9.17) is 9.84 Å². The van der Waals surface area contributed by atoms with E-state index in [1.54, 1.807) is 17.0 Å². The third-order valence-electron chi connectivity index (χ3n) is 7.65. The Hall–Kier alpha value is -3.83. The number of carbonyl (C=O) groups excluding carboxylic acids is 2. The third kappa shape index (κ3) is 5.85. The quantitative estimate of drug-likeness (QED) is 0.399. The molecule has 0 bridgehead atoms. The van der Waals surface area contributed by atoms with Gasteiger partial charge < -0.3 is 19.5 Å². The third-order valence-corrected chi connectivity index (χ3v) is 7.65. The lowest BCUT2D eigenvalue weighted by Gasteiger charge is -2.47. The van der Waals surface area contributed by atoms with Crippen LogP contribution in [0.4, 0.5) is 28.0 Å². The molecule has 2 saturated carbocycles. The predicted octanol–water partition coefficient (Wildman–Crippen LogP) is 5.95. The van der Waals surface area contributed by atoms with Gasteiger partial charge in [-0.05, 0) is 55.0 Å². The number of nitrogens with zero attached hydrogens (tertiary/aromatic N) is 2. The lowest BCUT2D eigenvalue weighted by Crippen LogP contribution is -2.53. The Morgan fingerprint density at radius 2 is 1.77 bits per heavy atom. The maximum Gasteiger partial charge on any atom is 0.573 e. The summed E-state index contributed by atoms with van der Waals surface area (Å²) in [7, 11) is 0. The molecule has 3 atom stereocenters. The highest BCUT2D eigenvalue weighted by Gasteiger charge is 2.51. The van der Waals surface area contributed by atoms with Crippen LogP contribution < -0.4 is 9.64 Å². The smallest absolute Gasteiger partial charge is 0.481 e. The van der Waals surface area contributed by atoms with Crippen LogP contribution in [-0.2, 0) is 20.9 Å². The van der Waals surface area contributed by atoms with Crippen LogP contribution in [0.2, 0.25) is 0 Å². The lowest BCUT2D eigenvalue weighted by atomic mass is 9.81. The molecule has 5 rings (SSSR count). The van der Waals surface area contributed by atoms with Crippen LogP contribution in [0.3, 0.4) is 0 Å². The molecular weight excluding hydrogens is 536 g/mol. The summed E-state index contributed by atoms with van der Waals surface area (Å²) >= 11 is 0. The zero-order valence-corrected chi connectivity index (χ0v) is 21.4. The van der Waals surface area contributed by atoms with Crippen LogP contribution in [-0.4, -0.2) is 46.4 Å². The number of alkyl halides is 3. The standard InChI is InChI=1S/C28H28F4N2O6/c29-20-14-16(8-11-23(20)40-28(30,31)32)15-39-27(38)34-21-6-2-1-4-18(21)26(19-5-3-7-22(19)34)33(17-9-10-17)24(35)12-13-25(36)37/h1-2,4,6,8,11,14,17,19,22,26H,3,5,7,9-10,12-13,15H2,(H,36,37). The van der Waals surface area contributed by atoms with E-state index in [2.05, 4.69) is 4.74 Å². The highest BCUT2D eigenvalue weighted by atomic mass is 19.4. The average Bonchev–Trinajstić information content (AvgIpc) is 3.62. The van der Waals surface area contributed by atoms with Crippen LogP contribution in [0.25, 0.3) is 0 Å². The molecule has 3 unspecified atom stereocenters. The van der Waals surface area contributed by atoms with Crippen LogP contribution in [0, 0.1) is 11.7 Å². The molecule has 0 aromatic heterocycles. The molecule has 2 aromatic rings. The molecule has 40 heavy (non-hydrogen) atoms. The number of ether oxygens (including phenoxy) is 2.